The summed E-state index contributed by atoms with van der Waals surface area (Å²) in [4.78, 5) is 28.2. The van der Waals surface area contributed by atoms with Gasteiger partial charge in [0.25, 0.3) is 11.6 Å². The number of nitro groups is 1. The molecule has 1 saturated heterocycles. The van der Waals surface area contributed by atoms with Crippen LogP contribution in [0.3, 0.4) is 0 Å². The summed E-state index contributed by atoms with van der Waals surface area (Å²) in [6, 6.07) is 12.8. The molecule has 1 heterocycles. The minimum Gasteiger partial charge on any atom is -0.366 e. The van der Waals surface area contributed by atoms with E-state index in [1.165, 1.54) is 11.6 Å². The van der Waals surface area contributed by atoms with E-state index in [1.54, 1.807) is 12.1 Å². The first-order chi connectivity index (χ1) is 14.5. The van der Waals surface area contributed by atoms with E-state index in [2.05, 4.69) is 30.1 Å². The molecule has 7 heteroatoms. The number of amides is 1. The van der Waals surface area contributed by atoms with E-state index in [0.29, 0.717) is 17.8 Å². The maximum Gasteiger partial charge on any atom is 0.293 e. The van der Waals surface area contributed by atoms with E-state index in [-0.39, 0.29) is 11.6 Å². The van der Waals surface area contributed by atoms with Crippen molar-refractivity contribution in [3.63, 3.8) is 0 Å². The molecule has 7 nitrogen and oxygen atoms in total. The average molecular weight is 411 g/mol. The SMILES string of the molecule is CCN(CC)Cc1ccccc1CNC(=O)c1ccc(N2CCCC2)c([N+](=O)[O-])c1. The lowest BCUT2D eigenvalue weighted by Crippen LogP contribution is -2.26. The standard InChI is InChI=1S/C23H30N4O3/c1-3-25(4-2)17-20-10-6-5-9-19(20)16-24-23(28)18-11-12-21(22(15-18)27(29)30)26-13-7-8-14-26/h5-6,9-12,15H,3-4,7-8,13-14,16-17H2,1-2H3,(H,24,28). The highest BCUT2D eigenvalue weighted by atomic mass is 16.6. The van der Waals surface area contributed by atoms with Gasteiger partial charge in [0.05, 0.1) is 4.92 Å². The number of nitrogens with zero attached hydrogens (tertiary/aromatic N) is 3. The van der Waals surface area contributed by atoms with Gasteiger partial charge in [-0.2, -0.15) is 0 Å². The van der Waals surface area contributed by atoms with Crippen LogP contribution in [0, 0.1) is 10.1 Å². The van der Waals surface area contributed by atoms with Gasteiger partial charge in [-0.05, 0) is 49.2 Å². The van der Waals surface area contributed by atoms with Crippen LogP contribution in [0.15, 0.2) is 42.5 Å². The Hall–Kier alpha value is -2.93. The lowest BCUT2D eigenvalue weighted by Gasteiger charge is -2.20. The predicted molar refractivity (Wildman–Crippen MR) is 119 cm³/mol. The molecule has 3 rings (SSSR count). The minimum atomic E-state index is -0.399. The Morgan fingerprint density at radius 2 is 1.77 bits per heavy atom. The fraction of sp³-hybridized carbons (Fsp3) is 0.435. The first-order valence-electron chi connectivity index (χ1n) is 10.6. The summed E-state index contributed by atoms with van der Waals surface area (Å²) in [5.74, 6) is -0.302. The Morgan fingerprint density at radius 1 is 1.10 bits per heavy atom. The number of nitro benzene ring substituents is 1. The maximum absolute atomic E-state index is 12.7. The van der Waals surface area contributed by atoms with Crippen molar-refractivity contribution in [2.75, 3.05) is 31.1 Å². The summed E-state index contributed by atoms with van der Waals surface area (Å²) >= 11 is 0. The van der Waals surface area contributed by atoms with Crippen LogP contribution in [0.1, 0.15) is 48.2 Å². The number of benzene rings is 2. The van der Waals surface area contributed by atoms with Gasteiger partial charge in [0.15, 0.2) is 0 Å². The molecule has 30 heavy (non-hydrogen) atoms. The molecule has 0 atom stereocenters. The van der Waals surface area contributed by atoms with Crippen LogP contribution in [0.5, 0.6) is 0 Å². The van der Waals surface area contributed by atoms with E-state index < -0.39 is 4.92 Å². The topological polar surface area (TPSA) is 78.7 Å². The third kappa shape index (κ3) is 5.16. The molecule has 160 valence electrons. The van der Waals surface area contributed by atoms with Gasteiger partial charge in [-0.1, -0.05) is 38.1 Å². The zero-order chi connectivity index (χ0) is 21.5. The number of hydrogen-bond acceptors (Lipinski definition) is 5. The minimum absolute atomic E-state index is 0.00789. The molecule has 1 aliphatic rings. The summed E-state index contributed by atoms with van der Waals surface area (Å²) in [6.07, 6.45) is 2.07. The first-order valence-corrected chi connectivity index (χ1v) is 10.6. The molecule has 1 N–H and O–H groups in total. The van der Waals surface area contributed by atoms with Crippen molar-refractivity contribution in [3.05, 3.63) is 69.3 Å². The molecule has 2 aromatic carbocycles. The monoisotopic (exact) mass is 410 g/mol. The van der Waals surface area contributed by atoms with Crippen molar-refractivity contribution >= 4 is 17.3 Å². The number of hydrogen-bond donors (Lipinski definition) is 1. The summed E-state index contributed by atoms with van der Waals surface area (Å²) in [7, 11) is 0. The van der Waals surface area contributed by atoms with E-state index in [1.807, 2.05) is 23.1 Å². The van der Waals surface area contributed by atoms with Gasteiger partial charge in [-0.15, -0.1) is 0 Å². The van der Waals surface area contributed by atoms with Crippen LogP contribution >= 0.6 is 0 Å². The highest BCUT2D eigenvalue weighted by molar-refractivity contribution is 5.95. The van der Waals surface area contributed by atoms with E-state index in [9.17, 15) is 14.9 Å². The lowest BCUT2D eigenvalue weighted by molar-refractivity contribution is -0.384. The molecular weight excluding hydrogens is 380 g/mol. The van der Waals surface area contributed by atoms with E-state index in [0.717, 1.165) is 51.1 Å². The van der Waals surface area contributed by atoms with Gasteiger partial charge in [0.1, 0.15) is 5.69 Å². The predicted octanol–water partition coefficient (Wildman–Crippen LogP) is 3.97. The van der Waals surface area contributed by atoms with Crippen LogP contribution in [0.25, 0.3) is 0 Å². The van der Waals surface area contributed by atoms with E-state index in [4.69, 9.17) is 0 Å². The van der Waals surface area contributed by atoms with Crippen LogP contribution in [0.2, 0.25) is 0 Å². The second kappa shape index (κ2) is 10.2. The third-order valence-corrected chi connectivity index (χ3v) is 5.73. The third-order valence-electron chi connectivity index (χ3n) is 5.73. The Balaban J connectivity index is 1.72. The molecule has 0 spiro atoms. The molecule has 0 radical (unpaired) electrons. The molecule has 0 saturated carbocycles. The van der Waals surface area contributed by atoms with Gasteiger partial charge in [-0.3, -0.25) is 19.8 Å². The molecule has 0 unspecified atom stereocenters. The second-order valence-corrected chi connectivity index (χ2v) is 7.57. The first kappa shape index (κ1) is 21.8. The Labute approximate surface area is 177 Å². The van der Waals surface area contributed by atoms with Crippen molar-refractivity contribution in [1.29, 1.82) is 0 Å². The zero-order valence-corrected chi connectivity index (χ0v) is 17.8. The average Bonchev–Trinajstić information content (AvgIpc) is 3.30. The van der Waals surface area contributed by atoms with Gasteiger partial charge in [0, 0.05) is 37.8 Å². The van der Waals surface area contributed by atoms with Crippen molar-refractivity contribution in [2.24, 2.45) is 0 Å². The molecule has 0 bridgehead atoms. The highest BCUT2D eigenvalue weighted by Gasteiger charge is 2.23. The van der Waals surface area contributed by atoms with E-state index >= 15 is 0 Å². The molecule has 1 aliphatic heterocycles. The second-order valence-electron chi connectivity index (χ2n) is 7.57. The summed E-state index contributed by atoms with van der Waals surface area (Å²) < 4.78 is 0. The van der Waals surface area contributed by atoms with Crippen LogP contribution in [-0.2, 0) is 13.1 Å². The fourth-order valence-corrected chi connectivity index (χ4v) is 3.89. The normalized spacial score (nSPS) is 13.6. The van der Waals surface area contributed by atoms with Crippen molar-refractivity contribution in [2.45, 2.75) is 39.8 Å². The lowest BCUT2D eigenvalue weighted by atomic mass is 10.1. The molecule has 0 aromatic heterocycles. The summed E-state index contributed by atoms with van der Waals surface area (Å²) in [6.45, 7) is 9.03. The Morgan fingerprint density at radius 3 is 2.40 bits per heavy atom. The molecule has 2 aromatic rings. The molecule has 1 amide bonds. The molecule has 0 aliphatic carbocycles. The molecule has 1 fully saturated rings. The summed E-state index contributed by atoms with van der Waals surface area (Å²) in [5.41, 5.74) is 3.13. The van der Waals surface area contributed by atoms with Gasteiger partial charge >= 0.3 is 0 Å². The number of anilines is 1. The van der Waals surface area contributed by atoms with Crippen molar-refractivity contribution < 1.29 is 9.72 Å². The van der Waals surface area contributed by atoms with Gasteiger partial charge < -0.3 is 10.2 Å². The Bertz CT molecular complexity index is 890. The molecular formula is C23H30N4O3. The van der Waals surface area contributed by atoms with Gasteiger partial charge in [-0.25, -0.2) is 0 Å². The number of nitrogens with one attached hydrogen (secondary N) is 1. The highest BCUT2D eigenvalue weighted by Crippen LogP contribution is 2.31. The van der Waals surface area contributed by atoms with Crippen LogP contribution < -0.4 is 10.2 Å². The van der Waals surface area contributed by atoms with Crippen LogP contribution in [-0.4, -0.2) is 41.9 Å². The number of carbonyl (C=O) groups is 1. The Kier molecular flexibility index (Phi) is 7.41. The number of carbonyl (C=O) groups excluding carboxylic acids is 1. The zero-order valence-electron chi connectivity index (χ0n) is 17.8. The van der Waals surface area contributed by atoms with Gasteiger partial charge in [0.2, 0.25) is 0 Å². The fourth-order valence-electron chi connectivity index (χ4n) is 3.89. The van der Waals surface area contributed by atoms with Crippen molar-refractivity contribution in [1.82, 2.24) is 10.2 Å². The smallest absolute Gasteiger partial charge is 0.293 e. The van der Waals surface area contributed by atoms with Crippen LogP contribution in [0.4, 0.5) is 11.4 Å². The summed E-state index contributed by atoms with van der Waals surface area (Å²) in [5, 5.41) is 14.5. The largest absolute Gasteiger partial charge is 0.366 e. The quantitative estimate of drug-likeness (QED) is 0.500. The van der Waals surface area contributed by atoms with Crippen molar-refractivity contribution in [3.8, 4) is 0 Å². The number of rotatable bonds is 9. The maximum atomic E-state index is 12.7.